The first kappa shape index (κ1) is 20.5. The zero-order valence-electron chi connectivity index (χ0n) is 17.9. The van der Waals surface area contributed by atoms with Gasteiger partial charge in [0.1, 0.15) is 17.9 Å². The van der Waals surface area contributed by atoms with Gasteiger partial charge in [0.05, 0.1) is 18.4 Å². The highest BCUT2D eigenvalue weighted by Crippen LogP contribution is 2.39. The summed E-state index contributed by atoms with van der Waals surface area (Å²) in [6.45, 7) is -0.0235. The molecule has 3 N–H and O–H groups in total. The number of carbonyl (C=O) groups is 1. The van der Waals surface area contributed by atoms with Crippen LogP contribution in [0.1, 0.15) is 30.9 Å². The predicted octanol–water partition coefficient (Wildman–Crippen LogP) is 3.16. The highest BCUT2D eigenvalue weighted by atomic mass is 19.1. The minimum atomic E-state index is -1.22. The zero-order valence-corrected chi connectivity index (χ0v) is 17.9. The van der Waals surface area contributed by atoms with Crippen molar-refractivity contribution < 1.29 is 13.6 Å². The smallest absolute Gasteiger partial charge is 0.247 e. The Hall–Kier alpha value is -4.09. The molecule has 4 aromatic rings. The number of fused-ring (bicyclic) bond motifs is 1. The Morgan fingerprint density at radius 2 is 2.09 bits per heavy atom. The minimum absolute atomic E-state index is 0.0110. The molecule has 0 aromatic carbocycles. The maximum Gasteiger partial charge on any atom is 0.247 e. The van der Waals surface area contributed by atoms with Gasteiger partial charge in [-0.1, -0.05) is 0 Å². The van der Waals surface area contributed by atoms with E-state index in [0.29, 0.717) is 29.0 Å². The van der Waals surface area contributed by atoms with Crippen LogP contribution in [0.2, 0.25) is 0 Å². The molecule has 6 rings (SSSR count). The molecule has 2 fully saturated rings. The average molecular weight is 465 g/mol. The van der Waals surface area contributed by atoms with Crippen LogP contribution < -0.4 is 15.5 Å². The molecule has 12 heteroatoms. The molecule has 2 atom stereocenters. The topological polar surface area (TPSA) is 116 Å². The number of nitrogens with one attached hydrogen (secondary N) is 3. The Balaban J connectivity index is 1.29. The van der Waals surface area contributed by atoms with Crippen molar-refractivity contribution in [2.24, 2.45) is 0 Å². The van der Waals surface area contributed by atoms with Gasteiger partial charge in [0.15, 0.2) is 5.82 Å². The van der Waals surface area contributed by atoms with Crippen molar-refractivity contribution in [2.45, 2.75) is 37.4 Å². The van der Waals surface area contributed by atoms with Crippen LogP contribution in [0.5, 0.6) is 0 Å². The fraction of sp³-hybridized carbons (Fsp3) is 0.318. The van der Waals surface area contributed by atoms with Crippen molar-refractivity contribution >= 4 is 35.0 Å². The van der Waals surface area contributed by atoms with Crippen molar-refractivity contribution in [1.82, 2.24) is 29.5 Å². The summed E-state index contributed by atoms with van der Waals surface area (Å²) in [5, 5.41) is 13.2. The molecule has 2 aliphatic rings. The van der Waals surface area contributed by atoms with Crippen LogP contribution in [0.3, 0.4) is 0 Å². The fourth-order valence-corrected chi connectivity index (χ4v) is 4.18. The number of hydrogen-bond acceptors (Lipinski definition) is 7. The SMILES string of the molecule is O=C(Nc1ccc(F)nc1)[C@@H]1C[C@@H](F)CN1c1nc(Nc2cc(C3CC3)[nH]n2)n2cccc2n1. The number of hydrogen-bond donors (Lipinski definition) is 3. The van der Waals surface area contributed by atoms with E-state index in [0.717, 1.165) is 24.6 Å². The van der Waals surface area contributed by atoms with Crippen LogP contribution in [0.25, 0.3) is 5.65 Å². The highest BCUT2D eigenvalue weighted by Gasteiger charge is 2.39. The largest absolute Gasteiger partial charge is 0.326 e. The van der Waals surface area contributed by atoms with Crippen molar-refractivity contribution in [3.05, 3.63) is 54.4 Å². The summed E-state index contributed by atoms with van der Waals surface area (Å²) in [5.74, 6) is 0.719. The summed E-state index contributed by atoms with van der Waals surface area (Å²) in [5.41, 5.74) is 1.99. The Morgan fingerprint density at radius 3 is 2.88 bits per heavy atom. The lowest BCUT2D eigenvalue weighted by molar-refractivity contribution is -0.117. The first-order valence-electron chi connectivity index (χ1n) is 11.0. The number of halogens is 2. The second-order valence-electron chi connectivity index (χ2n) is 8.55. The van der Waals surface area contributed by atoms with Crippen LogP contribution >= 0.6 is 0 Å². The lowest BCUT2D eigenvalue weighted by Crippen LogP contribution is -2.40. The predicted molar refractivity (Wildman–Crippen MR) is 120 cm³/mol. The Labute approximate surface area is 192 Å². The second kappa shape index (κ2) is 8.04. The van der Waals surface area contributed by atoms with Crippen LogP contribution in [0, 0.1) is 5.95 Å². The molecule has 1 amide bonds. The average Bonchev–Trinajstić information content (AvgIpc) is 3.20. The summed E-state index contributed by atoms with van der Waals surface area (Å²) in [7, 11) is 0. The summed E-state index contributed by atoms with van der Waals surface area (Å²) < 4.78 is 29.3. The Morgan fingerprint density at radius 1 is 1.21 bits per heavy atom. The van der Waals surface area contributed by atoms with E-state index in [1.165, 1.54) is 12.3 Å². The van der Waals surface area contributed by atoms with E-state index >= 15 is 0 Å². The van der Waals surface area contributed by atoms with Crippen LogP contribution in [-0.4, -0.2) is 54.2 Å². The summed E-state index contributed by atoms with van der Waals surface area (Å²) in [6, 6.07) is 7.29. The maximum atomic E-state index is 14.5. The number of pyridine rings is 1. The summed E-state index contributed by atoms with van der Waals surface area (Å²) in [4.78, 5) is 27.2. The van der Waals surface area contributed by atoms with E-state index in [4.69, 9.17) is 0 Å². The maximum absolute atomic E-state index is 14.5. The van der Waals surface area contributed by atoms with Crippen LogP contribution in [0.4, 0.5) is 32.2 Å². The van der Waals surface area contributed by atoms with Gasteiger partial charge in [-0.15, -0.1) is 0 Å². The van der Waals surface area contributed by atoms with Gasteiger partial charge in [0.2, 0.25) is 23.8 Å². The molecular formula is C22H21F2N9O. The molecule has 1 aliphatic carbocycles. The third-order valence-electron chi connectivity index (χ3n) is 6.04. The monoisotopic (exact) mass is 465 g/mol. The first-order chi connectivity index (χ1) is 16.5. The van der Waals surface area contributed by atoms with E-state index in [1.54, 1.807) is 15.4 Å². The molecule has 5 heterocycles. The lowest BCUT2D eigenvalue weighted by atomic mass is 10.2. The third-order valence-corrected chi connectivity index (χ3v) is 6.04. The Bertz CT molecular complexity index is 1350. The molecule has 0 radical (unpaired) electrons. The number of alkyl halides is 1. The van der Waals surface area contributed by atoms with Gasteiger partial charge in [-0.05, 0) is 37.1 Å². The quantitative estimate of drug-likeness (QED) is 0.375. The second-order valence-corrected chi connectivity index (χ2v) is 8.55. The number of anilines is 4. The summed E-state index contributed by atoms with van der Waals surface area (Å²) in [6.07, 6.45) is 4.09. The number of nitrogens with zero attached hydrogens (tertiary/aromatic N) is 6. The fourth-order valence-electron chi connectivity index (χ4n) is 4.18. The first-order valence-corrected chi connectivity index (χ1v) is 11.0. The van der Waals surface area contributed by atoms with E-state index in [2.05, 4.69) is 35.8 Å². The van der Waals surface area contributed by atoms with Crippen LogP contribution in [0.15, 0.2) is 42.7 Å². The van der Waals surface area contributed by atoms with Gasteiger partial charge < -0.3 is 15.5 Å². The number of H-pyrrole nitrogens is 1. The van der Waals surface area contributed by atoms with E-state index in [9.17, 15) is 13.6 Å². The molecule has 1 saturated carbocycles. The van der Waals surface area contributed by atoms with E-state index in [1.807, 2.05) is 18.3 Å². The standard InChI is InChI=1S/C22H21F2N9O/c23-13-8-16(20(34)26-14-5-6-17(24)25-10-14)33(11-13)22-28-19-2-1-7-32(19)21(29-22)27-18-9-15(30-31-18)12-3-4-12/h1-2,5-7,9-10,12-13,16H,3-4,8,11H2,(H,26,34)(H2,27,28,29,30,31)/t13-,16+/m1/s1. The number of rotatable bonds is 6. The van der Waals surface area contributed by atoms with Gasteiger partial charge in [-0.25, -0.2) is 9.37 Å². The van der Waals surface area contributed by atoms with Crippen LogP contribution in [-0.2, 0) is 4.79 Å². The molecule has 1 saturated heterocycles. The van der Waals surface area contributed by atoms with Crippen molar-refractivity contribution in [3.63, 3.8) is 0 Å². The highest BCUT2D eigenvalue weighted by molar-refractivity contribution is 5.97. The molecule has 0 bridgehead atoms. The van der Waals surface area contributed by atoms with Gasteiger partial charge in [0, 0.05) is 30.3 Å². The van der Waals surface area contributed by atoms with E-state index < -0.39 is 24.1 Å². The van der Waals surface area contributed by atoms with Gasteiger partial charge >= 0.3 is 0 Å². The van der Waals surface area contributed by atoms with Gasteiger partial charge in [0.25, 0.3) is 0 Å². The van der Waals surface area contributed by atoms with Gasteiger partial charge in [-0.2, -0.15) is 19.5 Å². The number of amides is 1. The van der Waals surface area contributed by atoms with E-state index in [-0.39, 0.29) is 18.9 Å². The molecule has 4 aromatic heterocycles. The number of aromatic amines is 1. The molecule has 1 aliphatic heterocycles. The van der Waals surface area contributed by atoms with Crippen molar-refractivity contribution in [1.29, 1.82) is 0 Å². The minimum Gasteiger partial charge on any atom is -0.326 e. The molecule has 10 nitrogen and oxygen atoms in total. The zero-order chi connectivity index (χ0) is 23.2. The normalized spacial score (nSPS) is 20.1. The lowest BCUT2D eigenvalue weighted by Gasteiger charge is -2.24. The van der Waals surface area contributed by atoms with Crippen molar-refractivity contribution in [3.8, 4) is 0 Å². The number of aromatic nitrogens is 6. The van der Waals surface area contributed by atoms with Crippen molar-refractivity contribution in [2.75, 3.05) is 22.1 Å². The third kappa shape index (κ3) is 3.91. The molecule has 0 spiro atoms. The molecule has 0 unspecified atom stereocenters. The molecule has 174 valence electrons. The van der Waals surface area contributed by atoms with Gasteiger partial charge in [-0.3, -0.25) is 14.3 Å². The number of carbonyl (C=O) groups excluding carboxylic acids is 1. The summed E-state index contributed by atoms with van der Waals surface area (Å²) >= 11 is 0. The molecular weight excluding hydrogens is 444 g/mol. The molecule has 34 heavy (non-hydrogen) atoms. The Kier molecular flexibility index (Phi) is 4.85.